The molecule has 0 radical (unpaired) electrons. The maximum Gasteiger partial charge on any atom is 0.270 e. The van der Waals surface area contributed by atoms with E-state index in [4.69, 9.17) is 16.1 Å². The predicted molar refractivity (Wildman–Crippen MR) is 45.7 cm³/mol. The summed E-state index contributed by atoms with van der Waals surface area (Å²) in [4.78, 5) is 9.89. The summed E-state index contributed by atoms with van der Waals surface area (Å²) >= 11 is 5.62. The molecule has 13 heavy (non-hydrogen) atoms. The molecule has 0 atom stereocenters. The second kappa shape index (κ2) is 2.70. The van der Waals surface area contributed by atoms with Crippen LogP contribution in [0.2, 0.25) is 5.15 Å². The maximum absolute atomic E-state index is 10.4. The van der Waals surface area contributed by atoms with Crippen molar-refractivity contribution < 1.29 is 9.45 Å². The van der Waals surface area contributed by atoms with Crippen molar-refractivity contribution >= 4 is 28.3 Å². The van der Waals surface area contributed by atoms with Gasteiger partial charge >= 0.3 is 0 Å². The van der Waals surface area contributed by atoms with Crippen LogP contribution in [0.1, 0.15) is 0 Å². The molecule has 0 saturated heterocycles. The molecule has 0 spiro atoms. The van der Waals surface area contributed by atoms with Crippen LogP contribution in [0.3, 0.4) is 0 Å². The first-order chi connectivity index (χ1) is 6.18. The van der Waals surface area contributed by atoms with E-state index in [1.807, 2.05) is 0 Å². The lowest BCUT2D eigenvalue weighted by molar-refractivity contribution is -0.384. The van der Waals surface area contributed by atoms with Crippen molar-refractivity contribution in [3.63, 3.8) is 0 Å². The first-order valence-corrected chi connectivity index (χ1v) is 3.75. The highest BCUT2D eigenvalue weighted by molar-refractivity contribution is 6.34. The number of halogens is 1. The molecule has 0 bridgehead atoms. The summed E-state index contributed by atoms with van der Waals surface area (Å²) in [6, 6.07) is 4.13. The minimum Gasteiger partial charge on any atom is -0.355 e. The Balaban J connectivity index is 2.72. The first kappa shape index (κ1) is 8.00. The number of hydrogen-bond donors (Lipinski definition) is 0. The lowest BCUT2D eigenvalue weighted by Gasteiger charge is -1.89. The smallest absolute Gasteiger partial charge is 0.270 e. The Hall–Kier alpha value is -1.62. The number of nitro groups is 1. The molecular weight excluding hydrogens is 196 g/mol. The highest BCUT2D eigenvalue weighted by Crippen LogP contribution is 2.26. The standard InChI is InChI=1S/C7H3ClN2O3/c8-7-5-3-4(10(11)12)1-2-6(5)13-9-7/h1-3H. The average Bonchev–Trinajstić information content (AvgIpc) is 2.47. The van der Waals surface area contributed by atoms with Gasteiger partial charge in [-0.25, -0.2) is 0 Å². The lowest BCUT2D eigenvalue weighted by atomic mass is 10.2. The van der Waals surface area contributed by atoms with Crippen LogP contribution in [0.15, 0.2) is 22.7 Å². The molecule has 0 unspecified atom stereocenters. The van der Waals surface area contributed by atoms with Crippen LogP contribution >= 0.6 is 11.6 Å². The zero-order valence-electron chi connectivity index (χ0n) is 6.23. The molecule has 0 fully saturated rings. The van der Waals surface area contributed by atoms with E-state index < -0.39 is 4.92 Å². The Morgan fingerprint density at radius 1 is 1.54 bits per heavy atom. The molecule has 2 aromatic rings. The maximum atomic E-state index is 10.4. The molecule has 2 rings (SSSR count). The summed E-state index contributed by atoms with van der Waals surface area (Å²) in [5.74, 6) is 0. The fourth-order valence-corrected chi connectivity index (χ4v) is 1.19. The van der Waals surface area contributed by atoms with Crippen LogP contribution in [-0.2, 0) is 0 Å². The van der Waals surface area contributed by atoms with E-state index in [0.29, 0.717) is 11.0 Å². The molecule has 1 heterocycles. The Labute approximate surface area is 77.0 Å². The number of hydrogen-bond acceptors (Lipinski definition) is 4. The molecule has 0 aliphatic heterocycles. The number of nitro benzene ring substituents is 1. The van der Waals surface area contributed by atoms with Gasteiger partial charge in [0.25, 0.3) is 5.69 Å². The summed E-state index contributed by atoms with van der Waals surface area (Å²) in [6.45, 7) is 0. The minimum atomic E-state index is -0.497. The van der Waals surface area contributed by atoms with E-state index >= 15 is 0 Å². The Kier molecular flexibility index (Phi) is 1.66. The van der Waals surface area contributed by atoms with Gasteiger partial charge in [-0.3, -0.25) is 10.1 Å². The van der Waals surface area contributed by atoms with Gasteiger partial charge in [0.15, 0.2) is 10.7 Å². The van der Waals surface area contributed by atoms with Gasteiger partial charge in [-0.05, 0) is 6.07 Å². The molecule has 0 N–H and O–H groups in total. The van der Waals surface area contributed by atoms with E-state index in [1.54, 1.807) is 0 Å². The third kappa shape index (κ3) is 1.23. The first-order valence-electron chi connectivity index (χ1n) is 3.38. The summed E-state index contributed by atoms with van der Waals surface area (Å²) in [7, 11) is 0. The van der Waals surface area contributed by atoms with Crippen LogP contribution in [0, 0.1) is 10.1 Å². The molecule has 1 aromatic carbocycles. The number of fused-ring (bicyclic) bond motifs is 1. The van der Waals surface area contributed by atoms with Gasteiger partial charge in [0.05, 0.1) is 10.3 Å². The van der Waals surface area contributed by atoms with Crippen molar-refractivity contribution in [3.05, 3.63) is 33.5 Å². The summed E-state index contributed by atoms with van der Waals surface area (Å²) in [5, 5.41) is 14.4. The lowest BCUT2D eigenvalue weighted by Crippen LogP contribution is -1.86. The monoisotopic (exact) mass is 198 g/mol. The van der Waals surface area contributed by atoms with Crippen molar-refractivity contribution in [2.24, 2.45) is 0 Å². The quantitative estimate of drug-likeness (QED) is 0.521. The molecule has 0 aliphatic carbocycles. The number of non-ortho nitro benzene ring substituents is 1. The molecule has 0 amide bonds. The van der Waals surface area contributed by atoms with Gasteiger partial charge < -0.3 is 4.52 Å². The van der Waals surface area contributed by atoms with E-state index in [1.165, 1.54) is 18.2 Å². The largest absolute Gasteiger partial charge is 0.355 e. The van der Waals surface area contributed by atoms with Crippen molar-refractivity contribution in [1.29, 1.82) is 0 Å². The second-order valence-electron chi connectivity index (χ2n) is 2.41. The van der Waals surface area contributed by atoms with Gasteiger partial charge in [0, 0.05) is 12.1 Å². The van der Waals surface area contributed by atoms with Gasteiger partial charge in [0.2, 0.25) is 0 Å². The Bertz CT molecular complexity index is 480. The number of rotatable bonds is 1. The van der Waals surface area contributed by atoms with Gasteiger partial charge in [0.1, 0.15) is 0 Å². The van der Waals surface area contributed by atoms with Crippen LogP contribution in [-0.4, -0.2) is 10.1 Å². The fraction of sp³-hybridized carbons (Fsp3) is 0. The van der Waals surface area contributed by atoms with Crippen molar-refractivity contribution in [2.45, 2.75) is 0 Å². The van der Waals surface area contributed by atoms with Crippen LogP contribution < -0.4 is 0 Å². The predicted octanol–water partition coefficient (Wildman–Crippen LogP) is 2.39. The van der Waals surface area contributed by atoms with Gasteiger partial charge in [-0.2, -0.15) is 0 Å². The highest BCUT2D eigenvalue weighted by atomic mass is 35.5. The molecule has 5 nitrogen and oxygen atoms in total. The molecular formula is C7H3ClN2O3. The van der Waals surface area contributed by atoms with Gasteiger partial charge in [-0.15, -0.1) is 0 Å². The molecule has 6 heteroatoms. The Morgan fingerprint density at radius 3 is 3.00 bits per heavy atom. The fourth-order valence-electron chi connectivity index (χ4n) is 1.01. The van der Waals surface area contributed by atoms with Crippen molar-refractivity contribution in [2.75, 3.05) is 0 Å². The van der Waals surface area contributed by atoms with Crippen LogP contribution in [0.25, 0.3) is 11.0 Å². The average molecular weight is 199 g/mol. The van der Waals surface area contributed by atoms with E-state index in [0.717, 1.165) is 0 Å². The zero-order valence-corrected chi connectivity index (χ0v) is 6.99. The number of nitrogens with zero attached hydrogens (tertiary/aromatic N) is 2. The third-order valence-electron chi connectivity index (χ3n) is 1.62. The summed E-state index contributed by atoms with van der Waals surface area (Å²) < 4.78 is 4.78. The summed E-state index contributed by atoms with van der Waals surface area (Å²) in [6.07, 6.45) is 0. The van der Waals surface area contributed by atoms with Gasteiger partial charge in [-0.1, -0.05) is 16.8 Å². The normalized spacial score (nSPS) is 10.5. The third-order valence-corrected chi connectivity index (χ3v) is 1.89. The van der Waals surface area contributed by atoms with E-state index in [-0.39, 0.29) is 10.8 Å². The van der Waals surface area contributed by atoms with Crippen molar-refractivity contribution in [1.82, 2.24) is 5.16 Å². The Morgan fingerprint density at radius 2 is 2.31 bits per heavy atom. The van der Waals surface area contributed by atoms with Crippen molar-refractivity contribution in [3.8, 4) is 0 Å². The SMILES string of the molecule is O=[N+]([O-])c1ccc2onc(Cl)c2c1. The topological polar surface area (TPSA) is 69.2 Å². The van der Waals surface area contributed by atoms with E-state index in [2.05, 4.69) is 5.16 Å². The summed E-state index contributed by atoms with van der Waals surface area (Å²) in [5.41, 5.74) is 0.410. The van der Waals surface area contributed by atoms with Crippen LogP contribution in [0.4, 0.5) is 5.69 Å². The molecule has 1 aromatic heterocycles. The zero-order chi connectivity index (χ0) is 9.42. The number of benzene rings is 1. The minimum absolute atomic E-state index is 0.0300. The molecule has 66 valence electrons. The highest BCUT2D eigenvalue weighted by Gasteiger charge is 2.11. The molecule has 0 aliphatic rings. The van der Waals surface area contributed by atoms with Crippen LogP contribution in [0.5, 0.6) is 0 Å². The molecule has 0 saturated carbocycles. The number of aromatic nitrogens is 1. The van der Waals surface area contributed by atoms with E-state index in [9.17, 15) is 10.1 Å². The second-order valence-corrected chi connectivity index (χ2v) is 2.77.